The lowest BCUT2D eigenvalue weighted by Crippen LogP contribution is -2.16. The van der Waals surface area contributed by atoms with Crippen molar-refractivity contribution in [3.8, 4) is 0 Å². The van der Waals surface area contributed by atoms with Gasteiger partial charge in [0.25, 0.3) is 10.0 Å². The Hall–Kier alpha value is -3.93. The van der Waals surface area contributed by atoms with Gasteiger partial charge in [-0.25, -0.2) is 31.6 Å². The number of benzene rings is 2. The van der Waals surface area contributed by atoms with E-state index in [0.29, 0.717) is 23.9 Å². The third-order valence-electron chi connectivity index (χ3n) is 5.64. The summed E-state index contributed by atoms with van der Waals surface area (Å²) >= 11 is 0. The van der Waals surface area contributed by atoms with Crippen molar-refractivity contribution in [1.29, 1.82) is 0 Å². The van der Waals surface area contributed by atoms with Gasteiger partial charge in [0.05, 0.1) is 27.1 Å². The quantitative estimate of drug-likeness (QED) is 0.311. The number of aromatic nitrogens is 3. The molecule has 0 amide bonds. The van der Waals surface area contributed by atoms with E-state index in [1.54, 1.807) is 0 Å². The number of nitrogens with one attached hydrogen (secondary N) is 3. The summed E-state index contributed by atoms with van der Waals surface area (Å²) in [6.45, 7) is 0.630. The van der Waals surface area contributed by atoms with Crippen molar-refractivity contribution < 1.29 is 26.4 Å². The Bertz CT molecular complexity index is 1570. The molecule has 0 saturated heterocycles. The van der Waals surface area contributed by atoms with E-state index in [0.717, 1.165) is 43.2 Å². The van der Waals surface area contributed by atoms with Crippen molar-refractivity contribution in [3.05, 3.63) is 77.5 Å². The molecule has 0 spiro atoms. The maximum absolute atomic E-state index is 15.3. The Morgan fingerprint density at radius 3 is 2.66 bits per heavy atom. The van der Waals surface area contributed by atoms with Gasteiger partial charge in [-0.3, -0.25) is 9.52 Å². The predicted molar refractivity (Wildman–Crippen MR) is 122 cm³/mol. The largest absolute Gasteiger partial charge is 0.369 e. The molecule has 1 fully saturated rings. The third kappa shape index (κ3) is 4.44. The number of ketones is 1. The number of halogens is 3. The fraction of sp³-hybridized carbons (Fsp3) is 0.174. The van der Waals surface area contributed by atoms with E-state index in [1.165, 1.54) is 18.6 Å². The molecule has 0 aliphatic heterocycles. The van der Waals surface area contributed by atoms with Crippen LogP contribution < -0.4 is 10.0 Å². The van der Waals surface area contributed by atoms with E-state index in [9.17, 15) is 22.0 Å². The molecule has 12 heteroatoms. The normalized spacial score (nSPS) is 13.7. The minimum atomic E-state index is -4.42. The number of nitrogens with zero attached hydrogens (tertiary/aromatic N) is 2. The molecular weight excluding hydrogens is 483 g/mol. The molecule has 1 saturated carbocycles. The fourth-order valence-electron chi connectivity index (χ4n) is 3.65. The number of sulfonamides is 1. The molecular formula is C23H18F3N5O3S. The Morgan fingerprint density at radius 2 is 1.91 bits per heavy atom. The van der Waals surface area contributed by atoms with Gasteiger partial charge in [0, 0.05) is 12.7 Å². The van der Waals surface area contributed by atoms with Gasteiger partial charge < -0.3 is 10.3 Å². The van der Waals surface area contributed by atoms with E-state index in [4.69, 9.17) is 0 Å². The summed E-state index contributed by atoms with van der Waals surface area (Å²) in [6.07, 6.45) is 4.72. The molecule has 8 nitrogen and oxygen atoms in total. The molecule has 5 rings (SSSR count). The van der Waals surface area contributed by atoms with Crippen LogP contribution in [0.3, 0.4) is 0 Å². The number of anilines is 2. The Kier molecular flexibility index (Phi) is 5.67. The number of carbonyl (C=O) groups is 1. The fourth-order valence-corrected chi connectivity index (χ4v) is 4.74. The number of carbonyl (C=O) groups excluding carboxylic acids is 1. The Morgan fingerprint density at radius 1 is 1.11 bits per heavy atom. The zero-order valence-electron chi connectivity index (χ0n) is 18.0. The van der Waals surface area contributed by atoms with Crippen LogP contribution in [-0.2, 0) is 10.0 Å². The molecule has 0 radical (unpaired) electrons. The van der Waals surface area contributed by atoms with Crippen LogP contribution in [-0.4, -0.2) is 35.7 Å². The standard InChI is InChI=1S/C23H18F3N5O3S/c24-13-2-1-3-14(8-13)35(33,34)31-17-7-6-16(25)19(20(17)26)21(32)15-10-28-23-18(15)22(29-11-30-23)27-9-12-4-5-12/h1-3,6-8,10-12,31H,4-5,9H2,(H2,27,28,29,30). The number of aromatic amines is 1. The average Bonchev–Trinajstić information content (AvgIpc) is 3.55. The van der Waals surface area contributed by atoms with Crippen molar-refractivity contribution in [3.63, 3.8) is 0 Å². The zero-order chi connectivity index (χ0) is 24.7. The minimum Gasteiger partial charge on any atom is -0.369 e. The number of hydrogen-bond acceptors (Lipinski definition) is 6. The first-order valence-corrected chi connectivity index (χ1v) is 12.1. The van der Waals surface area contributed by atoms with Gasteiger partial charge in [0.1, 0.15) is 29.4 Å². The second kappa shape index (κ2) is 8.69. The van der Waals surface area contributed by atoms with Crippen LogP contribution in [0.1, 0.15) is 28.8 Å². The van der Waals surface area contributed by atoms with Crippen molar-refractivity contribution in [2.24, 2.45) is 5.92 Å². The van der Waals surface area contributed by atoms with Crippen LogP contribution >= 0.6 is 0 Å². The molecule has 180 valence electrons. The molecule has 2 aromatic carbocycles. The first-order valence-electron chi connectivity index (χ1n) is 10.6. The highest BCUT2D eigenvalue weighted by molar-refractivity contribution is 7.92. The number of H-pyrrole nitrogens is 1. The lowest BCUT2D eigenvalue weighted by atomic mass is 10.0. The zero-order valence-corrected chi connectivity index (χ0v) is 18.8. The van der Waals surface area contributed by atoms with Crippen molar-refractivity contribution in [1.82, 2.24) is 15.0 Å². The molecule has 2 heterocycles. The lowest BCUT2D eigenvalue weighted by Gasteiger charge is -2.12. The van der Waals surface area contributed by atoms with Crippen molar-refractivity contribution >= 4 is 38.3 Å². The molecule has 0 atom stereocenters. The number of hydrogen-bond donors (Lipinski definition) is 3. The van der Waals surface area contributed by atoms with Crippen LogP contribution in [0.2, 0.25) is 0 Å². The van der Waals surface area contributed by atoms with Gasteiger partial charge in [-0.05, 0) is 49.1 Å². The van der Waals surface area contributed by atoms with Crippen molar-refractivity contribution in [2.45, 2.75) is 17.7 Å². The average molecular weight is 501 g/mol. The summed E-state index contributed by atoms with van der Waals surface area (Å²) in [7, 11) is -4.42. The summed E-state index contributed by atoms with van der Waals surface area (Å²) in [5.74, 6) is -3.59. The van der Waals surface area contributed by atoms with E-state index in [-0.39, 0.29) is 10.9 Å². The molecule has 1 aliphatic rings. The van der Waals surface area contributed by atoms with Gasteiger partial charge in [-0.1, -0.05) is 6.07 Å². The summed E-state index contributed by atoms with van der Waals surface area (Å²) in [6, 6.07) is 5.70. The first-order chi connectivity index (χ1) is 16.7. The molecule has 0 bridgehead atoms. The second-order valence-electron chi connectivity index (χ2n) is 8.15. The van der Waals surface area contributed by atoms with Crippen LogP contribution in [0.5, 0.6) is 0 Å². The van der Waals surface area contributed by atoms with Crippen molar-refractivity contribution in [2.75, 3.05) is 16.6 Å². The van der Waals surface area contributed by atoms with E-state index >= 15 is 4.39 Å². The summed E-state index contributed by atoms with van der Waals surface area (Å²) < 4.78 is 70.7. The molecule has 3 N–H and O–H groups in total. The number of rotatable bonds is 8. The van der Waals surface area contributed by atoms with Gasteiger partial charge in [0.15, 0.2) is 5.82 Å². The molecule has 35 heavy (non-hydrogen) atoms. The predicted octanol–water partition coefficient (Wildman–Crippen LogP) is 4.23. The molecule has 1 aliphatic carbocycles. The third-order valence-corrected chi connectivity index (χ3v) is 7.00. The van der Waals surface area contributed by atoms with E-state index < -0.39 is 49.4 Å². The minimum absolute atomic E-state index is 0.0816. The summed E-state index contributed by atoms with van der Waals surface area (Å²) in [5.41, 5.74) is -1.41. The maximum Gasteiger partial charge on any atom is 0.262 e. The van der Waals surface area contributed by atoms with E-state index in [2.05, 4.69) is 20.3 Å². The monoisotopic (exact) mass is 501 g/mol. The van der Waals surface area contributed by atoms with Gasteiger partial charge in [0.2, 0.25) is 5.78 Å². The van der Waals surface area contributed by atoms with Gasteiger partial charge in [-0.15, -0.1) is 0 Å². The van der Waals surface area contributed by atoms with Crippen LogP contribution in [0, 0.1) is 23.4 Å². The maximum atomic E-state index is 15.3. The topological polar surface area (TPSA) is 117 Å². The highest BCUT2D eigenvalue weighted by Gasteiger charge is 2.28. The summed E-state index contributed by atoms with van der Waals surface area (Å²) in [4.78, 5) is 23.8. The highest BCUT2D eigenvalue weighted by atomic mass is 32.2. The summed E-state index contributed by atoms with van der Waals surface area (Å²) in [5, 5.41) is 3.41. The van der Waals surface area contributed by atoms with Gasteiger partial charge in [-0.2, -0.15) is 0 Å². The number of fused-ring (bicyclic) bond motifs is 1. The van der Waals surface area contributed by atoms with E-state index in [1.807, 2.05) is 4.72 Å². The lowest BCUT2D eigenvalue weighted by molar-refractivity contribution is 0.103. The molecule has 0 unspecified atom stereocenters. The Labute approximate surface area is 197 Å². The van der Waals surface area contributed by atoms with Crippen LogP contribution in [0.15, 0.2) is 53.8 Å². The first kappa shape index (κ1) is 22.8. The Balaban J connectivity index is 1.53. The molecule has 2 aromatic heterocycles. The van der Waals surface area contributed by atoms with Gasteiger partial charge >= 0.3 is 0 Å². The molecule has 4 aromatic rings. The van der Waals surface area contributed by atoms with Crippen LogP contribution in [0.4, 0.5) is 24.7 Å². The SMILES string of the molecule is O=C(c1c(F)ccc(NS(=O)(=O)c2cccc(F)c2)c1F)c1c[nH]c2ncnc(NCC3CC3)c12. The second-order valence-corrected chi connectivity index (χ2v) is 9.83. The highest BCUT2D eigenvalue weighted by Crippen LogP contribution is 2.32. The smallest absolute Gasteiger partial charge is 0.262 e. The van der Waals surface area contributed by atoms with Crippen LogP contribution in [0.25, 0.3) is 11.0 Å².